The van der Waals surface area contributed by atoms with Crippen LogP contribution in [0.1, 0.15) is 33.4 Å². The molecule has 0 aliphatic rings. The second-order valence-electron chi connectivity index (χ2n) is 6.21. The fourth-order valence-corrected chi connectivity index (χ4v) is 3.80. The number of nitrogens with two attached hydrogens (primary N) is 1. The number of benzene rings is 1. The molecule has 28 heavy (non-hydrogen) atoms. The molecule has 0 bridgehead atoms. The molecule has 2 aromatic heterocycles. The number of nitrogen functional groups attached to an aromatic ring is 1. The molecule has 3 rings (SSSR count). The Morgan fingerprint density at radius 2 is 1.93 bits per heavy atom. The molecule has 0 spiro atoms. The van der Waals surface area contributed by atoms with E-state index in [2.05, 4.69) is 0 Å². The first-order valence-electron chi connectivity index (χ1n) is 8.63. The average Bonchev–Trinajstić information content (AvgIpc) is 3.12. The predicted octanol–water partition coefficient (Wildman–Crippen LogP) is 1.79. The van der Waals surface area contributed by atoms with E-state index in [9.17, 15) is 19.2 Å². The van der Waals surface area contributed by atoms with Crippen LogP contribution in [0, 0.1) is 0 Å². The number of ether oxygens (including phenoxy) is 1. The SMILES string of the molecule is CCCn1c(N)c(C(=O)COC(=O)c2cc3ccccc3s2)c(=O)n(C)c1=O. The molecule has 0 fully saturated rings. The van der Waals surface area contributed by atoms with Gasteiger partial charge in [0.05, 0.1) is 0 Å². The smallest absolute Gasteiger partial charge is 0.348 e. The van der Waals surface area contributed by atoms with Gasteiger partial charge in [-0.05, 0) is 23.9 Å². The number of anilines is 1. The van der Waals surface area contributed by atoms with E-state index in [0.29, 0.717) is 11.3 Å². The minimum atomic E-state index is -0.808. The lowest BCUT2D eigenvalue weighted by molar-refractivity contribution is 0.0479. The lowest BCUT2D eigenvalue weighted by Crippen LogP contribution is -2.43. The molecule has 0 atom stereocenters. The molecule has 0 aliphatic heterocycles. The summed E-state index contributed by atoms with van der Waals surface area (Å²) in [5.74, 6) is -1.62. The molecular formula is C19H19N3O5S. The highest BCUT2D eigenvalue weighted by Gasteiger charge is 2.23. The van der Waals surface area contributed by atoms with Crippen molar-refractivity contribution in [2.45, 2.75) is 19.9 Å². The van der Waals surface area contributed by atoms with Gasteiger partial charge in [0, 0.05) is 18.3 Å². The Kier molecular flexibility index (Phi) is 5.46. The van der Waals surface area contributed by atoms with E-state index in [0.717, 1.165) is 14.7 Å². The fraction of sp³-hybridized carbons (Fsp3) is 0.263. The number of carbonyl (C=O) groups excluding carboxylic acids is 2. The monoisotopic (exact) mass is 401 g/mol. The highest BCUT2D eigenvalue weighted by Crippen LogP contribution is 2.25. The molecule has 8 nitrogen and oxygen atoms in total. The largest absolute Gasteiger partial charge is 0.453 e. The number of esters is 1. The number of rotatable bonds is 6. The summed E-state index contributed by atoms with van der Waals surface area (Å²) in [6.45, 7) is 1.46. The summed E-state index contributed by atoms with van der Waals surface area (Å²) in [6, 6.07) is 9.15. The van der Waals surface area contributed by atoms with E-state index >= 15 is 0 Å². The van der Waals surface area contributed by atoms with Gasteiger partial charge in [0.1, 0.15) is 16.3 Å². The zero-order chi connectivity index (χ0) is 20.4. The van der Waals surface area contributed by atoms with Crippen molar-refractivity contribution >= 4 is 39.0 Å². The average molecular weight is 401 g/mol. The first-order valence-corrected chi connectivity index (χ1v) is 9.45. The summed E-state index contributed by atoms with van der Waals surface area (Å²) in [6.07, 6.45) is 0.594. The number of thiophene rings is 1. The van der Waals surface area contributed by atoms with E-state index in [1.54, 1.807) is 6.07 Å². The van der Waals surface area contributed by atoms with Gasteiger partial charge in [0.2, 0.25) is 5.78 Å². The lowest BCUT2D eigenvalue weighted by atomic mass is 10.2. The summed E-state index contributed by atoms with van der Waals surface area (Å²) in [4.78, 5) is 49.7. The number of aromatic nitrogens is 2. The van der Waals surface area contributed by atoms with Crippen molar-refractivity contribution < 1.29 is 14.3 Å². The summed E-state index contributed by atoms with van der Waals surface area (Å²) in [5.41, 5.74) is 4.15. The Bertz CT molecular complexity index is 1160. The third-order valence-corrected chi connectivity index (χ3v) is 5.37. The van der Waals surface area contributed by atoms with E-state index in [1.165, 1.54) is 23.0 Å². The molecular weight excluding hydrogens is 382 g/mol. The normalized spacial score (nSPS) is 10.9. The van der Waals surface area contributed by atoms with Gasteiger partial charge < -0.3 is 10.5 Å². The van der Waals surface area contributed by atoms with Crippen molar-refractivity contribution in [2.24, 2.45) is 7.05 Å². The molecule has 0 amide bonds. The second kappa shape index (κ2) is 7.81. The Labute approximate surface area is 163 Å². The van der Waals surface area contributed by atoms with Crippen LogP contribution in [-0.2, 0) is 18.3 Å². The van der Waals surface area contributed by atoms with Gasteiger partial charge in [-0.3, -0.25) is 18.7 Å². The maximum Gasteiger partial charge on any atom is 0.348 e. The first kappa shape index (κ1) is 19.6. The van der Waals surface area contributed by atoms with Crippen LogP contribution in [0.25, 0.3) is 10.1 Å². The summed E-state index contributed by atoms with van der Waals surface area (Å²) >= 11 is 1.25. The van der Waals surface area contributed by atoms with Crippen molar-refractivity contribution in [1.29, 1.82) is 0 Å². The van der Waals surface area contributed by atoms with Gasteiger partial charge in [-0.25, -0.2) is 9.59 Å². The van der Waals surface area contributed by atoms with Crippen LogP contribution < -0.4 is 17.0 Å². The van der Waals surface area contributed by atoms with Crippen LogP contribution in [0.2, 0.25) is 0 Å². The number of Topliss-reactive ketones (excluding diaryl/α,β-unsaturated/α-hetero) is 1. The van der Waals surface area contributed by atoms with E-state index in [-0.39, 0.29) is 17.9 Å². The van der Waals surface area contributed by atoms with Gasteiger partial charge in [0.15, 0.2) is 6.61 Å². The number of fused-ring (bicyclic) bond motifs is 1. The van der Waals surface area contributed by atoms with E-state index in [4.69, 9.17) is 10.5 Å². The van der Waals surface area contributed by atoms with Crippen LogP contribution in [0.4, 0.5) is 5.82 Å². The van der Waals surface area contributed by atoms with Crippen LogP contribution in [0.15, 0.2) is 39.9 Å². The second-order valence-corrected chi connectivity index (χ2v) is 7.29. The quantitative estimate of drug-likeness (QED) is 0.498. The summed E-state index contributed by atoms with van der Waals surface area (Å²) in [7, 11) is 1.27. The molecule has 1 aromatic carbocycles. The summed E-state index contributed by atoms with van der Waals surface area (Å²) < 4.78 is 8.00. The van der Waals surface area contributed by atoms with Crippen LogP contribution in [0.3, 0.4) is 0 Å². The number of hydrogen-bond donors (Lipinski definition) is 1. The molecule has 0 unspecified atom stereocenters. The Morgan fingerprint density at radius 1 is 1.21 bits per heavy atom. The standard InChI is InChI=1S/C19H19N3O5S/c1-3-8-22-16(20)15(17(24)21(2)19(22)26)12(23)10-27-18(25)14-9-11-6-4-5-7-13(11)28-14/h4-7,9H,3,8,10,20H2,1-2H3. The van der Waals surface area contributed by atoms with E-state index < -0.39 is 29.6 Å². The molecule has 0 saturated carbocycles. The van der Waals surface area contributed by atoms with Crippen molar-refractivity contribution in [3.8, 4) is 0 Å². The number of hydrogen-bond acceptors (Lipinski definition) is 7. The van der Waals surface area contributed by atoms with Crippen LogP contribution in [-0.4, -0.2) is 27.5 Å². The predicted molar refractivity (Wildman–Crippen MR) is 107 cm³/mol. The lowest BCUT2D eigenvalue weighted by Gasteiger charge is -2.13. The minimum absolute atomic E-state index is 0.210. The third kappa shape index (κ3) is 3.48. The molecule has 0 radical (unpaired) electrons. The van der Waals surface area contributed by atoms with Crippen molar-refractivity contribution in [1.82, 2.24) is 9.13 Å². The zero-order valence-corrected chi connectivity index (χ0v) is 16.2. The molecule has 146 valence electrons. The fourth-order valence-electron chi connectivity index (χ4n) is 2.84. The maximum absolute atomic E-state index is 12.5. The first-order chi connectivity index (χ1) is 13.3. The Morgan fingerprint density at radius 3 is 2.61 bits per heavy atom. The molecule has 2 N–H and O–H groups in total. The van der Waals surface area contributed by atoms with Gasteiger partial charge in [0.25, 0.3) is 5.56 Å². The van der Waals surface area contributed by atoms with Crippen LogP contribution >= 0.6 is 11.3 Å². The van der Waals surface area contributed by atoms with E-state index in [1.807, 2.05) is 31.2 Å². The molecule has 3 aromatic rings. The molecule has 2 heterocycles. The molecule has 0 aliphatic carbocycles. The van der Waals surface area contributed by atoms with Crippen molar-refractivity contribution in [3.63, 3.8) is 0 Å². The number of ketones is 1. The minimum Gasteiger partial charge on any atom is -0.453 e. The zero-order valence-electron chi connectivity index (χ0n) is 15.4. The van der Waals surface area contributed by atoms with Crippen molar-refractivity contribution in [2.75, 3.05) is 12.3 Å². The van der Waals surface area contributed by atoms with Gasteiger partial charge in [-0.2, -0.15) is 0 Å². The molecule has 0 saturated heterocycles. The molecule has 9 heteroatoms. The van der Waals surface area contributed by atoms with Gasteiger partial charge in [-0.1, -0.05) is 25.1 Å². The Hall–Kier alpha value is -3.20. The third-order valence-electron chi connectivity index (χ3n) is 4.27. The van der Waals surface area contributed by atoms with Crippen molar-refractivity contribution in [3.05, 3.63) is 61.6 Å². The van der Waals surface area contributed by atoms with Crippen LogP contribution in [0.5, 0.6) is 0 Å². The Balaban J connectivity index is 1.84. The number of nitrogens with zero attached hydrogens (tertiary/aromatic N) is 2. The topological polar surface area (TPSA) is 113 Å². The number of carbonyl (C=O) groups is 2. The summed E-state index contributed by atoms with van der Waals surface area (Å²) in [5, 5.41) is 0.899. The van der Waals surface area contributed by atoms with Gasteiger partial charge >= 0.3 is 11.7 Å². The van der Waals surface area contributed by atoms with Gasteiger partial charge in [-0.15, -0.1) is 11.3 Å². The highest BCUT2D eigenvalue weighted by atomic mass is 32.1. The highest BCUT2D eigenvalue weighted by molar-refractivity contribution is 7.20. The maximum atomic E-state index is 12.5.